The lowest BCUT2D eigenvalue weighted by Crippen LogP contribution is -2.18. The molecule has 0 aliphatic rings. The Morgan fingerprint density at radius 2 is 2.05 bits per heavy atom. The molecule has 0 aliphatic heterocycles. The number of aromatic nitrogens is 2. The van der Waals surface area contributed by atoms with Crippen LogP contribution in [0.1, 0.15) is 38.1 Å². The summed E-state index contributed by atoms with van der Waals surface area (Å²) in [5.41, 5.74) is 7.96. The molecule has 0 saturated heterocycles. The third-order valence-electron chi connectivity index (χ3n) is 3.14. The van der Waals surface area contributed by atoms with Gasteiger partial charge in [0, 0.05) is 22.8 Å². The maximum Gasteiger partial charge on any atom is 0.132 e. The number of hydrogen-bond acceptors (Lipinski definition) is 3. The molecule has 5 heteroatoms. The molecule has 114 valence electrons. The minimum absolute atomic E-state index is 0.123. The Morgan fingerprint density at radius 3 is 2.67 bits per heavy atom. The molecule has 1 atom stereocenters. The minimum Gasteiger partial charge on any atom is -0.487 e. The van der Waals surface area contributed by atoms with Crippen molar-refractivity contribution >= 4 is 15.9 Å². The van der Waals surface area contributed by atoms with E-state index in [1.807, 2.05) is 42.1 Å². The van der Waals surface area contributed by atoms with Crippen LogP contribution in [0.2, 0.25) is 0 Å². The lowest BCUT2D eigenvalue weighted by atomic mass is 10.1. The fourth-order valence-corrected chi connectivity index (χ4v) is 2.45. The van der Waals surface area contributed by atoms with Gasteiger partial charge in [-0.05, 0) is 57.0 Å². The van der Waals surface area contributed by atoms with Crippen LogP contribution >= 0.6 is 15.9 Å². The van der Waals surface area contributed by atoms with Crippen molar-refractivity contribution in [1.82, 2.24) is 9.78 Å². The monoisotopic (exact) mass is 351 g/mol. The van der Waals surface area contributed by atoms with Gasteiger partial charge in [-0.1, -0.05) is 15.9 Å². The van der Waals surface area contributed by atoms with Gasteiger partial charge in [-0.3, -0.25) is 4.68 Å². The number of rotatable bonds is 6. The number of nitrogens with zero attached hydrogens (tertiary/aromatic N) is 2. The van der Waals surface area contributed by atoms with E-state index in [2.05, 4.69) is 34.9 Å². The highest BCUT2D eigenvalue weighted by atomic mass is 79.9. The van der Waals surface area contributed by atoms with Crippen LogP contribution < -0.4 is 10.5 Å². The molecule has 0 amide bonds. The number of nitrogens with two attached hydrogens (primary N) is 1. The number of hydrogen-bond donors (Lipinski definition) is 1. The quantitative estimate of drug-likeness (QED) is 0.863. The molecule has 2 rings (SSSR count). The zero-order valence-electron chi connectivity index (χ0n) is 12.7. The average Bonchev–Trinajstić information content (AvgIpc) is 2.88. The molecule has 0 radical (unpaired) electrons. The molecular formula is C16H22BrN3O. The van der Waals surface area contributed by atoms with Crippen molar-refractivity contribution < 1.29 is 4.74 Å². The molecule has 0 spiro atoms. The van der Waals surface area contributed by atoms with E-state index in [1.54, 1.807) is 0 Å². The van der Waals surface area contributed by atoms with Gasteiger partial charge in [0.1, 0.15) is 12.4 Å². The van der Waals surface area contributed by atoms with E-state index in [4.69, 9.17) is 10.5 Å². The highest BCUT2D eigenvalue weighted by molar-refractivity contribution is 9.10. The Morgan fingerprint density at radius 1 is 1.29 bits per heavy atom. The Kier molecular flexibility index (Phi) is 5.42. The van der Waals surface area contributed by atoms with E-state index in [0.29, 0.717) is 12.6 Å². The molecule has 1 unspecified atom stereocenters. The molecule has 0 fully saturated rings. The molecule has 2 N–H and O–H groups in total. The van der Waals surface area contributed by atoms with Crippen molar-refractivity contribution in [2.45, 2.75) is 45.9 Å². The van der Waals surface area contributed by atoms with Crippen LogP contribution in [0.5, 0.6) is 5.75 Å². The topological polar surface area (TPSA) is 53.1 Å². The Labute approximate surface area is 134 Å². The summed E-state index contributed by atoms with van der Waals surface area (Å²) in [5, 5.41) is 4.48. The smallest absolute Gasteiger partial charge is 0.132 e. The lowest BCUT2D eigenvalue weighted by Gasteiger charge is -2.11. The summed E-state index contributed by atoms with van der Waals surface area (Å²) in [6.45, 7) is 6.68. The Hall–Kier alpha value is -1.33. The van der Waals surface area contributed by atoms with Crippen LogP contribution in [0.3, 0.4) is 0 Å². The highest BCUT2D eigenvalue weighted by Crippen LogP contribution is 2.24. The molecule has 21 heavy (non-hydrogen) atoms. The number of benzene rings is 1. The summed E-state index contributed by atoms with van der Waals surface area (Å²) < 4.78 is 8.82. The van der Waals surface area contributed by atoms with Crippen LogP contribution in [-0.2, 0) is 13.0 Å². The van der Waals surface area contributed by atoms with Crippen molar-refractivity contribution in [3.63, 3.8) is 0 Å². The second kappa shape index (κ2) is 7.09. The van der Waals surface area contributed by atoms with E-state index in [-0.39, 0.29) is 6.04 Å². The van der Waals surface area contributed by atoms with E-state index in [9.17, 15) is 0 Å². The normalized spacial score (nSPS) is 12.7. The molecular weight excluding hydrogens is 330 g/mol. The summed E-state index contributed by atoms with van der Waals surface area (Å²) in [4.78, 5) is 0. The van der Waals surface area contributed by atoms with Gasteiger partial charge < -0.3 is 10.5 Å². The van der Waals surface area contributed by atoms with Gasteiger partial charge >= 0.3 is 0 Å². The molecule has 1 aromatic heterocycles. The molecule has 4 nitrogen and oxygen atoms in total. The summed E-state index contributed by atoms with van der Waals surface area (Å²) in [5.74, 6) is 0.841. The fraction of sp³-hybridized carbons (Fsp3) is 0.438. The van der Waals surface area contributed by atoms with E-state index >= 15 is 0 Å². The van der Waals surface area contributed by atoms with Crippen molar-refractivity contribution in [2.24, 2.45) is 5.73 Å². The van der Waals surface area contributed by atoms with Crippen molar-refractivity contribution in [3.8, 4) is 5.75 Å². The maximum atomic E-state index is 5.87. The van der Waals surface area contributed by atoms with Crippen LogP contribution in [0.15, 0.2) is 34.9 Å². The van der Waals surface area contributed by atoms with Gasteiger partial charge in [0.25, 0.3) is 0 Å². The zero-order chi connectivity index (χ0) is 15.4. The van der Waals surface area contributed by atoms with E-state index in [1.165, 1.54) is 0 Å². The van der Waals surface area contributed by atoms with Crippen molar-refractivity contribution in [2.75, 3.05) is 0 Å². The standard InChI is InChI=1S/C16H22BrN3O/c1-11(2)20-7-6-14(19-20)10-21-15-4-5-16(17)13(9-15)8-12(3)18/h4-7,9,11-12H,8,10,18H2,1-3H3. The molecule has 1 aromatic carbocycles. The first-order valence-electron chi connectivity index (χ1n) is 7.16. The summed E-state index contributed by atoms with van der Waals surface area (Å²) in [6.07, 6.45) is 2.80. The van der Waals surface area contributed by atoms with Gasteiger partial charge in [0.15, 0.2) is 0 Å². The highest BCUT2D eigenvalue weighted by Gasteiger charge is 2.07. The van der Waals surface area contributed by atoms with Crippen LogP contribution in [0, 0.1) is 0 Å². The van der Waals surface area contributed by atoms with Crippen molar-refractivity contribution in [1.29, 1.82) is 0 Å². The largest absolute Gasteiger partial charge is 0.487 e. The molecule has 0 saturated carbocycles. The summed E-state index contributed by atoms with van der Waals surface area (Å²) in [7, 11) is 0. The van der Waals surface area contributed by atoms with Gasteiger partial charge in [0.2, 0.25) is 0 Å². The summed E-state index contributed by atoms with van der Waals surface area (Å²) >= 11 is 3.55. The maximum absolute atomic E-state index is 5.87. The Balaban J connectivity index is 2.02. The SMILES string of the molecule is CC(N)Cc1cc(OCc2ccn(C(C)C)n2)ccc1Br. The first-order chi connectivity index (χ1) is 9.95. The van der Waals surface area contributed by atoms with Crippen LogP contribution in [0.25, 0.3) is 0 Å². The van der Waals surface area contributed by atoms with Crippen LogP contribution in [0.4, 0.5) is 0 Å². The van der Waals surface area contributed by atoms with E-state index < -0.39 is 0 Å². The fourth-order valence-electron chi connectivity index (χ4n) is 2.04. The second-order valence-corrected chi connectivity index (χ2v) is 6.46. The van der Waals surface area contributed by atoms with Gasteiger partial charge in [-0.15, -0.1) is 0 Å². The van der Waals surface area contributed by atoms with Gasteiger partial charge in [-0.2, -0.15) is 5.10 Å². The molecule has 1 heterocycles. The van der Waals surface area contributed by atoms with E-state index in [0.717, 1.165) is 27.9 Å². The number of halogens is 1. The lowest BCUT2D eigenvalue weighted by molar-refractivity contribution is 0.298. The number of ether oxygens (including phenoxy) is 1. The zero-order valence-corrected chi connectivity index (χ0v) is 14.3. The summed E-state index contributed by atoms with van der Waals surface area (Å²) in [6, 6.07) is 8.46. The third kappa shape index (κ3) is 4.58. The average molecular weight is 352 g/mol. The third-order valence-corrected chi connectivity index (χ3v) is 3.91. The first kappa shape index (κ1) is 16.0. The predicted octanol–water partition coefficient (Wildman–Crippen LogP) is 3.70. The molecule has 0 aliphatic carbocycles. The van der Waals surface area contributed by atoms with Crippen LogP contribution in [-0.4, -0.2) is 15.8 Å². The minimum atomic E-state index is 0.123. The molecule has 0 bridgehead atoms. The predicted molar refractivity (Wildman–Crippen MR) is 88.4 cm³/mol. The van der Waals surface area contributed by atoms with Gasteiger partial charge in [0.05, 0.1) is 5.69 Å². The van der Waals surface area contributed by atoms with Gasteiger partial charge in [-0.25, -0.2) is 0 Å². The second-order valence-electron chi connectivity index (χ2n) is 5.60. The first-order valence-corrected chi connectivity index (χ1v) is 7.96. The Bertz CT molecular complexity index is 593. The molecule has 2 aromatic rings. The van der Waals surface area contributed by atoms with Crippen molar-refractivity contribution in [3.05, 3.63) is 46.2 Å².